The number of aryl methyl sites for hydroxylation is 1. The number of halogens is 1. The van der Waals surface area contributed by atoms with Crippen LogP contribution in [0.1, 0.15) is 18.4 Å². The van der Waals surface area contributed by atoms with Gasteiger partial charge in [0.2, 0.25) is 10.0 Å². The van der Waals surface area contributed by atoms with E-state index < -0.39 is 21.9 Å². The van der Waals surface area contributed by atoms with Crippen LogP contribution in [0.15, 0.2) is 23.1 Å². The first-order chi connectivity index (χ1) is 8.46. The third kappa shape index (κ3) is 2.28. The van der Waals surface area contributed by atoms with Crippen molar-refractivity contribution >= 4 is 10.0 Å². The molecule has 18 heavy (non-hydrogen) atoms. The molecule has 1 aromatic carbocycles. The molecule has 1 fully saturated rings. The summed E-state index contributed by atoms with van der Waals surface area (Å²) in [5, 5.41) is 9.16. The van der Waals surface area contributed by atoms with Gasteiger partial charge < -0.3 is 5.11 Å². The zero-order chi connectivity index (χ0) is 13.3. The molecule has 0 unspecified atom stereocenters. The fourth-order valence-electron chi connectivity index (χ4n) is 2.25. The smallest absolute Gasteiger partial charge is 0.246 e. The molecule has 1 N–H and O–H groups in total. The molecular formula is C12H16FNO3S. The lowest BCUT2D eigenvalue weighted by atomic mass is 10.2. The molecule has 4 nitrogen and oxygen atoms in total. The average Bonchev–Trinajstić information content (AvgIpc) is 2.76. The fraction of sp³-hybridized carbons (Fsp3) is 0.500. The minimum atomic E-state index is -3.85. The molecule has 0 saturated carbocycles. The van der Waals surface area contributed by atoms with Crippen LogP contribution in [0.5, 0.6) is 0 Å². The highest BCUT2D eigenvalue weighted by Crippen LogP contribution is 2.27. The first-order valence-electron chi connectivity index (χ1n) is 5.85. The number of aliphatic hydroxyl groups is 1. The van der Waals surface area contributed by atoms with Crippen molar-refractivity contribution in [3.05, 3.63) is 29.6 Å². The van der Waals surface area contributed by atoms with Gasteiger partial charge in [0.05, 0.1) is 6.61 Å². The lowest BCUT2D eigenvalue weighted by molar-refractivity contribution is 0.213. The van der Waals surface area contributed by atoms with Crippen LogP contribution in [0.2, 0.25) is 0 Å². The van der Waals surface area contributed by atoms with Crippen molar-refractivity contribution in [3.8, 4) is 0 Å². The Morgan fingerprint density at radius 2 is 2.22 bits per heavy atom. The molecule has 0 bridgehead atoms. The second-order valence-corrected chi connectivity index (χ2v) is 6.39. The van der Waals surface area contributed by atoms with Gasteiger partial charge in [-0.2, -0.15) is 4.31 Å². The lowest BCUT2D eigenvalue weighted by Gasteiger charge is -2.22. The van der Waals surface area contributed by atoms with Crippen LogP contribution < -0.4 is 0 Å². The summed E-state index contributed by atoms with van der Waals surface area (Å²) < 4.78 is 39.6. The van der Waals surface area contributed by atoms with E-state index >= 15 is 0 Å². The van der Waals surface area contributed by atoms with Gasteiger partial charge in [0.25, 0.3) is 0 Å². The Labute approximate surface area is 106 Å². The normalized spacial score (nSPS) is 21.4. The fourth-order valence-corrected chi connectivity index (χ4v) is 3.98. The van der Waals surface area contributed by atoms with Crippen LogP contribution in [0.25, 0.3) is 0 Å². The van der Waals surface area contributed by atoms with Gasteiger partial charge in [-0.15, -0.1) is 0 Å². The highest BCUT2D eigenvalue weighted by molar-refractivity contribution is 7.89. The maximum atomic E-state index is 13.8. The van der Waals surface area contributed by atoms with Crippen LogP contribution >= 0.6 is 0 Å². The van der Waals surface area contributed by atoms with Crippen molar-refractivity contribution in [1.29, 1.82) is 0 Å². The maximum Gasteiger partial charge on any atom is 0.246 e. The second kappa shape index (κ2) is 4.95. The molecule has 1 aliphatic heterocycles. The summed E-state index contributed by atoms with van der Waals surface area (Å²) in [5.74, 6) is -0.737. The van der Waals surface area contributed by atoms with E-state index in [2.05, 4.69) is 0 Å². The highest BCUT2D eigenvalue weighted by Gasteiger charge is 2.36. The summed E-state index contributed by atoms with van der Waals surface area (Å²) in [6.07, 6.45) is 1.31. The van der Waals surface area contributed by atoms with E-state index in [1.807, 2.05) is 0 Å². The summed E-state index contributed by atoms with van der Waals surface area (Å²) in [4.78, 5) is -0.312. The van der Waals surface area contributed by atoms with Crippen LogP contribution in [0, 0.1) is 12.7 Å². The average molecular weight is 273 g/mol. The molecule has 2 rings (SSSR count). The van der Waals surface area contributed by atoms with Crippen LogP contribution in [0.4, 0.5) is 4.39 Å². The zero-order valence-electron chi connectivity index (χ0n) is 10.1. The van der Waals surface area contributed by atoms with Gasteiger partial charge >= 0.3 is 0 Å². The molecule has 0 radical (unpaired) electrons. The van der Waals surface area contributed by atoms with Crippen molar-refractivity contribution in [2.75, 3.05) is 13.2 Å². The third-order valence-corrected chi connectivity index (χ3v) is 5.19. The summed E-state index contributed by atoms with van der Waals surface area (Å²) in [7, 11) is -3.85. The molecule has 6 heteroatoms. The van der Waals surface area contributed by atoms with E-state index in [1.54, 1.807) is 13.0 Å². The van der Waals surface area contributed by atoms with E-state index in [0.29, 0.717) is 24.9 Å². The first-order valence-corrected chi connectivity index (χ1v) is 7.29. The van der Waals surface area contributed by atoms with Gasteiger partial charge in [-0.1, -0.05) is 6.07 Å². The number of sulfonamides is 1. The number of aliphatic hydroxyl groups excluding tert-OH is 1. The van der Waals surface area contributed by atoms with Gasteiger partial charge in [0.1, 0.15) is 10.7 Å². The lowest BCUT2D eigenvalue weighted by Crippen LogP contribution is -2.37. The Hall–Kier alpha value is -0.980. The molecule has 1 atom stereocenters. The Kier molecular flexibility index (Phi) is 3.70. The topological polar surface area (TPSA) is 57.6 Å². The number of nitrogens with zero attached hydrogens (tertiary/aromatic N) is 1. The van der Waals surface area contributed by atoms with Crippen molar-refractivity contribution in [2.24, 2.45) is 0 Å². The minimum Gasteiger partial charge on any atom is -0.395 e. The molecule has 1 aliphatic rings. The zero-order valence-corrected chi connectivity index (χ0v) is 11.0. The van der Waals surface area contributed by atoms with Crippen molar-refractivity contribution in [1.82, 2.24) is 4.31 Å². The molecule has 0 aromatic heterocycles. The van der Waals surface area contributed by atoms with Crippen LogP contribution in [-0.2, 0) is 10.0 Å². The van der Waals surface area contributed by atoms with E-state index in [1.165, 1.54) is 16.4 Å². The van der Waals surface area contributed by atoms with E-state index in [4.69, 9.17) is 5.11 Å². The Bertz CT molecular complexity index is 544. The standard InChI is InChI=1S/C12H16FNO3S/c1-9-4-5-12(11(13)7-9)18(16,17)14-6-2-3-10(14)8-15/h4-5,7,10,15H,2-3,6,8H2,1H3/t10-/m1/s1. The predicted molar refractivity (Wildman–Crippen MR) is 65.1 cm³/mol. The quantitative estimate of drug-likeness (QED) is 0.902. The Morgan fingerprint density at radius 1 is 1.50 bits per heavy atom. The number of hydrogen-bond acceptors (Lipinski definition) is 3. The van der Waals surface area contributed by atoms with Gasteiger partial charge in [-0.05, 0) is 37.5 Å². The van der Waals surface area contributed by atoms with Crippen LogP contribution in [-0.4, -0.2) is 37.0 Å². The monoisotopic (exact) mass is 273 g/mol. The maximum absolute atomic E-state index is 13.8. The van der Waals surface area contributed by atoms with Gasteiger partial charge in [-0.3, -0.25) is 0 Å². The van der Waals surface area contributed by atoms with E-state index in [-0.39, 0.29) is 11.5 Å². The second-order valence-electron chi connectivity index (χ2n) is 4.53. The number of rotatable bonds is 3. The Morgan fingerprint density at radius 3 is 2.83 bits per heavy atom. The third-order valence-electron chi connectivity index (χ3n) is 3.21. The molecule has 0 amide bonds. The SMILES string of the molecule is Cc1ccc(S(=O)(=O)N2CCC[C@@H]2CO)c(F)c1. The predicted octanol–water partition coefficient (Wildman–Crippen LogP) is 1.28. The van der Waals surface area contributed by atoms with Crippen molar-refractivity contribution < 1.29 is 17.9 Å². The molecule has 0 aliphatic carbocycles. The molecule has 0 spiro atoms. The summed E-state index contributed by atoms with van der Waals surface area (Å²) in [6, 6.07) is 3.62. The van der Waals surface area contributed by atoms with E-state index in [9.17, 15) is 12.8 Å². The summed E-state index contributed by atoms with van der Waals surface area (Å²) >= 11 is 0. The highest BCUT2D eigenvalue weighted by atomic mass is 32.2. The van der Waals surface area contributed by atoms with Gasteiger partial charge in [-0.25, -0.2) is 12.8 Å². The summed E-state index contributed by atoms with van der Waals surface area (Å²) in [6.45, 7) is 1.81. The molecule has 1 heterocycles. The van der Waals surface area contributed by atoms with Crippen molar-refractivity contribution in [3.63, 3.8) is 0 Å². The number of benzene rings is 1. The van der Waals surface area contributed by atoms with Crippen LogP contribution in [0.3, 0.4) is 0 Å². The minimum absolute atomic E-state index is 0.229. The first kappa shape index (κ1) is 13.5. The number of hydrogen-bond donors (Lipinski definition) is 1. The van der Waals surface area contributed by atoms with Gasteiger partial charge in [0.15, 0.2) is 0 Å². The largest absolute Gasteiger partial charge is 0.395 e. The molecule has 1 aromatic rings. The molecular weight excluding hydrogens is 257 g/mol. The Balaban J connectivity index is 2.42. The van der Waals surface area contributed by atoms with Gasteiger partial charge in [0, 0.05) is 12.6 Å². The molecule has 1 saturated heterocycles. The summed E-state index contributed by atoms with van der Waals surface area (Å²) in [5.41, 5.74) is 0.673. The molecule has 100 valence electrons. The van der Waals surface area contributed by atoms with Crippen molar-refractivity contribution in [2.45, 2.75) is 30.7 Å². The van der Waals surface area contributed by atoms with E-state index in [0.717, 1.165) is 0 Å².